The summed E-state index contributed by atoms with van der Waals surface area (Å²) in [6.45, 7) is 2.66. The second kappa shape index (κ2) is 10.3. The molecule has 3 N–H and O–H groups in total. The van der Waals surface area contributed by atoms with Crippen LogP contribution in [0.15, 0.2) is 54.7 Å². The second-order valence-electron chi connectivity index (χ2n) is 9.64. The van der Waals surface area contributed by atoms with Crippen molar-refractivity contribution in [3.05, 3.63) is 65.3 Å². The molecule has 0 aliphatic carbocycles. The number of urea groups is 1. The number of carboxylic acid groups (broad SMARTS) is 1. The number of amides is 2. The van der Waals surface area contributed by atoms with Gasteiger partial charge in [-0.1, -0.05) is 29.8 Å². The van der Waals surface area contributed by atoms with Crippen LogP contribution in [0.25, 0.3) is 10.9 Å². The van der Waals surface area contributed by atoms with Gasteiger partial charge in [-0.25, -0.2) is 4.79 Å². The minimum atomic E-state index is -0.750. The number of carbonyl (C=O) groups is 2. The average molecular weight is 495 g/mol. The van der Waals surface area contributed by atoms with Crippen molar-refractivity contribution in [2.75, 3.05) is 31.5 Å². The first-order valence-corrected chi connectivity index (χ1v) is 12.7. The zero-order valence-corrected chi connectivity index (χ0v) is 20.4. The maximum Gasteiger partial charge on any atom is 0.321 e. The molecule has 7 nitrogen and oxygen atoms in total. The van der Waals surface area contributed by atoms with Gasteiger partial charge in [-0.2, -0.15) is 0 Å². The van der Waals surface area contributed by atoms with E-state index >= 15 is 0 Å². The van der Waals surface area contributed by atoms with Gasteiger partial charge in [0.25, 0.3) is 0 Å². The molecule has 3 aromatic rings. The fourth-order valence-electron chi connectivity index (χ4n) is 5.73. The van der Waals surface area contributed by atoms with Crippen molar-refractivity contribution < 1.29 is 14.7 Å². The van der Waals surface area contributed by atoms with E-state index < -0.39 is 12.0 Å². The first-order chi connectivity index (χ1) is 17.0. The maximum absolute atomic E-state index is 12.7. The highest BCUT2D eigenvalue weighted by Crippen LogP contribution is 2.35. The normalized spacial score (nSPS) is 19.1. The lowest BCUT2D eigenvalue weighted by molar-refractivity contribution is -0.146. The summed E-state index contributed by atoms with van der Waals surface area (Å²) in [6.07, 6.45) is 5.40. The van der Waals surface area contributed by atoms with E-state index in [4.69, 9.17) is 11.6 Å². The molecule has 1 aromatic heterocycles. The van der Waals surface area contributed by atoms with Crippen LogP contribution in [-0.2, 0) is 4.79 Å². The molecule has 0 spiro atoms. The Morgan fingerprint density at radius 1 is 0.971 bits per heavy atom. The summed E-state index contributed by atoms with van der Waals surface area (Å²) in [7, 11) is 0. The Labute approximate surface area is 210 Å². The number of aromatic amines is 1. The third kappa shape index (κ3) is 5.16. The smallest absolute Gasteiger partial charge is 0.321 e. The minimum absolute atomic E-state index is 0.0386. The Morgan fingerprint density at radius 2 is 1.66 bits per heavy atom. The van der Waals surface area contributed by atoms with Gasteiger partial charge in [0.05, 0.1) is 0 Å². The van der Waals surface area contributed by atoms with Crippen LogP contribution in [-0.4, -0.2) is 64.1 Å². The number of para-hydroxylation sites is 1. The van der Waals surface area contributed by atoms with E-state index in [0.29, 0.717) is 42.6 Å². The van der Waals surface area contributed by atoms with Gasteiger partial charge in [-0.15, -0.1) is 0 Å². The molecule has 35 heavy (non-hydrogen) atoms. The number of fused-ring (bicyclic) bond motifs is 1. The van der Waals surface area contributed by atoms with E-state index in [1.165, 1.54) is 10.9 Å². The summed E-state index contributed by atoms with van der Waals surface area (Å²) in [5.41, 5.74) is 3.19. The van der Waals surface area contributed by atoms with E-state index in [1.807, 2.05) is 6.07 Å². The van der Waals surface area contributed by atoms with Gasteiger partial charge >= 0.3 is 12.0 Å². The van der Waals surface area contributed by atoms with Gasteiger partial charge in [0, 0.05) is 40.9 Å². The molecule has 2 aromatic carbocycles. The number of piperidine rings is 2. The molecule has 3 heterocycles. The molecule has 2 amide bonds. The van der Waals surface area contributed by atoms with Crippen LogP contribution in [0.1, 0.15) is 37.2 Å². The van der Waals surface area contributed by atoms with Crippen molar-refractivity contribution in [3.63, 3.8) is 0 Å². The zero-order chi connectivity index (χ0) is 24.4. The maximum atomic E-state index is 12.7. The summed E-state index contributed by atoms with van der Waals surface area (Å²) in [4.78, 5) is 32.3. The lowest BCUT2D eigenvalue weighted by atomic mass is 9.84. The molecule has 8 heteroatoms. The third-order valence-corrected chi connectivity index (χ3v) is 7.86. The van der Waals surface area contributed by atoms with Crippen LogP contribution in [0.2, 0.25) is 5.02 Å². The monoisotopic (exact) mass is 494 g/mol. The number of rotatable bonds is 5. The van der Waals surface area contributed by atoms with Crippen molar-refractivity contribution in [1.82, 2.24) is 14.8 Å². The van der Waals surface area contributed by atoms with E-state index in [-0.39, 0.29) is 11.9 Å². The average Bonchev–Trinajstić information content (AvgIpc) is 3.30. The van der Waals surface area contributed by atoms with Crippen molar-refractivity contribution in [1.29, 1.82) is 0 Å². The molecule has 1 atom stereocenters. The molecule has 184 valence electrons. The quantitative estimate of drug-likeness (QED) is 0.443. The summed E-state index contributed by atoms with van der Waals surface area (Å²) < 4.78 is 0. The number of benzene rings is 2. The zero-order valence-electron chi connectivity index (χ0n) is 19.6. The van der Waals surface area contributed by atoms with Crippen LogP contribution in [0.3, 0.4) is 0 Å². The molecule has 2 saturated heterocycles. The number of nitrogens with zero attached hydrogens (tertiary/aromatic N) is 2. The van der Waals surface area contributed by atoms with Crippen molar-refractivity contribution >= 4 is 40.2 Å². The fourth-order valence-corrected chi connectivity index (χ4v) is 5.86. The highest BCUT2D eigenvalue weighted by Gasteiger charge is 2.38. The Morgan fingerprint density at radius 3 is 2.34 bits per heavy atom. The predicted octanol–water partition coefficient (Wildman–Crippen LogP) is 5.40. The van der Waals surface area contributed by atoms with Gasteiger partial charge in [0.1, 0.15) is 6.04 Å². The number of aliphatic carboxylic acids is 1. The summed E-state index contributed by atoms with van der Waals surface area (Å²) in [5, 5.41) is 14.9. The number of carbonyl (C=O) groups excluding carboxylic acids is 1. The van der Waals surface area contributed by atoms with Gasteiger partial charge in [0.2, 0.25) is 0 Å². The highest BCUT2D eigenvalue weighted by atomic mass is 35.5. The minimum Gasteiger partial charge on any atom is -0.480 e. The number of likely N-dealkylation sites (tertiary alicyclic amines) is 2. The highest BCUT2D eigenvalue weighted by molar-refractivity contribution is 6.30. The molecule has 0 saturated carbocycles. The van der Waals surface area contributed by atoms with Crippen LogP contribution in [0.4, 0.5) is 10.5 Å². The fraction of sp³-hybridized carbons (Fsp3) is 0.407. The Bertz CT molecular complexity index is 1180. The number of H-pyrrole nitrogens is 1. The molecule has 5 rings (SSSR count). The lowest BCUT2D eigenvalue weighted by Gasteiger charge is -2.41. The Hall–Kier alpha value is -3.03. The summed E-state index contributed by atoms with van der Waals surface area (Å²) in [5.74, 6) is -0.272. The summed E-state index contributed by atoms with van der Waals surface area (Å²) >= 11 is 5.91. The lowest BCUT2D eigenvalue weighted by Crippen LogP contribution is -2.52. The van der Waals surface area contributed by atoms with Crippen LogP contribution in [0.5, 0.6) is 0 Å². The van der Waals surface area contributed by atoms with Crippen molar-refractivity contribution in [2.45, 2.75) is 37.6 Å². The first kappa shape index (κ1) is 23.7. The van der Waals surface area contributed by atoms with E-state index in [9.17, 15) is 14.7 Å². The van der Waals surface area contributed by atoms with Gasteiger partial charge in [-0.05, 0) is 86.5 Å². The molecular weight excluding hydrogens is 464 g/mol. The molecule has 2 aliphatic heterocycles. The first-order valence-electron chi connectivity index (χ1n) is 12.3. The molecular formula is C27H31ClN4O3. The van der Waals surface area contributed by atoms with Crippen molar-refractivity contribution in [3.8, 4) is 0 Å². The number of anilines is 1. The predicted molar refractivity (Wildman–Crippen MR) is 138 cm³/mol. The van der Waals surface area contributed by atoms with Gasteiger partial charge in [-0.3, -0.25) is 9.69 Å². The van der Waals surface area contributed by atoms with E-state index in [1.54, 1.807) is 29.2 Å². The largest absolute Gasteiger partial charge is 0.480 e. The second-order valence-corrected chi connectivity index (χ2v) is 10.1. The van der Waals surface area contributed by atoms with Crippen LogP contribution in [0, 0.1) is 5.92 Å². The molecule has 2 aliphatic rings. The number of aromatic nitrogens is 1. The number of nitrogens with one attached hydrogen (secondary N) is 2. The number of carboxylic acids is 1. The van der Waals surface area contributed by atoms with E-state index in [2.05, 4.69) is 39.6 Å². The standard InChI is InChI=1S/C27H31ClN4O3/c28-20-5-7-21(8-6-20)30-27(35)32-15-11-19(12-16-32)25(26(33)34)31-13-9-18(10-14-31)23-17-29-24-4-2-1-3-22(23)24/h1-8,17-19,25,29H,9-16H2,(H,30,35)(H,33,34). The molecule has 1 unspecified atom stereocenters. The van der Waals surface area contributed by atoms with Gasteiger partial charge < -0.3 is 20.3 Å². The number of halogens is 1. The van der Waals surface area contributed by atoms with Gasteiger partial charge in [0.15, 0.2) is 0 Å². The molecule has 0 bridgehead atoms. The third-order valence-electron chi connectivity index (χ3n) is 7.61. The molecule has 2 fully saturated rings. The van der Waals surface area contributed by atoms with Crippen molar-refractivity contribution in [2.24, 2.45) is 5.92 Å². The Balaban J connectivity index is 1.17. The SMILES string of the molecule is O=C(O)C(C1CCN(C(=O)Nc2ccc(Cl)cc2)CC1)N1CCC(c2c[nH]c3ccccc23)CC1. The number of hydrogen-bond donors (Lipinski definition) is 3. The van der Waals surface area contributed by atoms with E-state index in [0.717, 1.165) is 31.4 Å². The topological polar surface area (TPSA) is 88.7 Å². The van der Waals surface area contributed by atoms with Crippen LogP contribution < -0.4 is 5.32 Å². The molecule has 0 radical (unpaired) electrons. The number of hydrogen-bond acceptors (Lipinski definition) is 3. The van der Waals surface area contributed by atoms with Crippen LogP contribution >= 0.6 is 11.6 Å². The summed E-state index contributed by atoms with van der Waals surface area (Å²) in [6, 6.07) is 14.7. The Kier molecular flexibility index (Phi) is 6.97.